The van der Waals surface area contributed by atoms with Crippen molar-refractivity contribution in [3.8, 4) is 0 Å². The highest BCUT2D eigenvalue weighted by Crippen LogP contribution is 1.98. The fourth-order valence-electron chi connectivity index (χ4n) is 0.445. The molecule has 0 heterocycles. The highest BCUT2D eigenvalue weighted by atomic mass is 35.5. The number of hydrogen-bond acceptors (Lipinski definition) is 2. The van der Waals surface area contributed by atoms with E-state index in [9.17, 15) is 0 Å². The van der Waals surface area contributed by atoms with Crippen molar-refractivity contribution in [3.63, 3.8) is 0 Å². The van der Waals surface area contributed by atoms with E-state index in [2.05, 4.69) is 10.2 Å². The van der Waals surface area contributed by atoms with Crippen LogP contribution in [0.1, 0.15) is 26.7 Å². The van der Waals surface area contributed by atoms with E-state index in [1.807, 2.05) is 13.8 Å². The van der Waals surface area contributed by atoms with Gasteiger partial charge in [-0.25, -0.2) is 0 Å². The zero-order valence-electron chi connectivity index (χ0n) is 7.42. The lowest BCUT2D eigenvalue weighted by atomic mass is 10.3. The molecule has 68 valence electrons. The molecule has 0 saturated carbocycles. The Hall–Kier alpha value is -0.830. The summed E-state index contributed by atoms with van der Waals surface area (Å²) < 4.78 is 0. The molecule has 0 rings (SSSR count). The zero-order valence-corrected chi connectivity index (χ0v) is 8.17. The summed E-state index contributed by atoms with van der Waals surface area (Å²) in [7, 11) is 0. The van der Waals surface area contributed by atoms with Gasteiger partial charge in [0.1, 0.15) is 5.84 Å². The molecule has 0 aliphatic heterocycles. The predicted octanol–water partition coefficient (Wildman–Crippen LogP) is 2.27. The average molecular weight is 188 g/mol. The van der Waals surface area contributed by atoms with Gasteiger partial charge in [0.05, 0.1) is 6.21 Å². The third-order valence-corrected chi connectivity index (χ3v) is 1.60. The summed E-state index contributed by atoms with van der Waals surface area (Å²) in [4.78, 5) is 0. The second kappa shape index (κ2) is 6.85. The van der Waals surface area contributed by atoms with Crippen LogP contribution in [0.25, 0.3) is 0 Å². The van der Waals surface area contributed by atoms with E-state index in [0.717, 1.165) is 12.0 Å². The third kappa shape index (κ3) is 4.91. The Kier molecular flexibility index (Phi) is 6.38. The summed E-state index contributed by atoms with van der Waals surface area (Å²) in [5.41, 5.74) is 7.85. The van der Waals surface area contributed by atoms with Crippen molar-refractivity contribution in [1.82, 2.24) is 0 Å². The largest absolute Gasteiger partial charge is 0.386 e. The standard InChI is InChI=1S/C8H14ClN3/c1-3-7(5-9)6-11-12-8(10)4-2/h5-6H,3-4H2,1-2H3,(H2,10,12)/b7-5-,11-6-. The quantitative estimate of drug-likeness (QED) is 0.410. The molecule has 0 spiro atoms. The van der Waals surface area contributed by atoms with Crippen LogP contribution in [-0.2, 0) is 0 Å². The first kappa shape index (κ1) is 11.2. The molecule has 2 N–H and O–H groups in total. The zero-order chi connectivity index (χ0) is 9.40. The van der Waals surface area contributed by atoms with Gasteiger partial charge in [0.2, 0.25) is 0 Å². The molecule has 0 bridgehead atoms. The minimum absolute atomic E-state index is 0.524. The van der Waals surface area contributed by atoms with Crippen LogP contribution < -0.4 is 5.73 Å². The van der Waals surface area contributed by atoms with Crippen LogP contribution in [0, 0.1) is 0 Å². The van der Waals surface area contributed by atoms with Gasteiger partial charge < -0.3 is 5.73 Å². The number of nitrogens with zero attached hydrogens (tertiary/aromatic N) is 2. The highest BCUT2D eigenvalue weighted by molar-refractivity contribution is 6.27. The number of halogens is 1. The van der Waals surface area contributed by atoms with Crippen molar-refractivity contribution in [2.45, 2.75) is 26.7 Å². The molecule has 0 aliphatic carbocycles. The van der Waals surface area contributed by atoms with Crippen molar-refractivity contribution < 1.29 is 0 Å². The van der Waals surface area contributed by atoms with Gasteiger partial charge in [-0.05, 0) is 12.0 Å². The maximum atomic E-state index is 5.48. The lowest BCUT2D eigenvalue weighted by Gasteiger charge is -1.91. The summed E-state index contributed by atoms with van der Waals surface area (Å²) in [5.74, 6) is 0.524. The van der Waals surface area contributed by atoms with Crippen molar-refractivity contribution in [1.29, 1.82) is 0 Å². The Balaban J connectivity index is 4.07. The van der Waals surface area contributed by atoms with Crippen molar-refractivity contribution in [3.05, 3.63) is 11.1 Å². The first-order valence-corrected chi connectivity index (χ1v) is 4.32. The molecule has 0 aliphatic rings. The van der Waals surface area contributed by atoms with E-state index in [1.165, 1.54) is 5.54 Å². The lowest BCUT2D eigenvalue weighted by Crippen LogP contribution is -2.08. The summed E-state index contributed by atoms with van der Waals surface area (Å²) in [6, 6.07) is 0. The van der Waals surface area contributed by atoms with E-state index in [0.29, 0.717) is 12.3 Å². The summed E-state index contributed by atoms with van der Waals surface area (Å²) >= 11 is 5.48. The van der Waals surface area contributed by atoms with Crippen molar-refractivity contribution >= 4 is 23.7 Å². The predicted molar refractivity (Wildman–Crippen MR) is 54.6 cm³/mol. The summed E-state index contributed by atoms with van der Waals surface area (Å²) in [6.07, 6.45) is 3.16. The third-order valence-electron chi connectivity index (χ3n) is 1.32. The average Bonchev–Trinajstić information content (AvgIpc) is 2.12. The van der Waals surface area contributed by atoms with Gasteiger partial charge in [-0.3, -0.25) is 0 Å². The second-order valence-corrected chi connectivity index (χ2v) is 2.45. The molecule has 3 nitrogen and oxygen atoms in total. The molecule has 0 fully saturated rings. The maximum absolute atomic E-state index is 5.48. The molecule has 0 saturated heterocycles. The fraction of sp³-hybridized carbons (Fsp3) is 0.500. The molecular formula is C8H14ClN3. The molecule has 4 heteroatoms. The SMILES string of the molecule is CCC(N)=N/N=C\C(=C/Cl)CC. The molecule has 0 atom stereocenters. The first-order chi connectivity index (χ1) is 5.74. The van der Waals surface area contributed by atoms with Gasteiger partial charge in [0.25, 0.3) is 0 Å². The number of allylic oxidation sites excluding steroid dienone is 1. The molecule has 0 radical (unpaired) electrons. The molecule has 0 aromatic heterocycles. The molecule has 0 amide bonds. The van der Waals surface area contributed by atoms with Gasteiger partial charge in [0.15, 0.2) is 0 Å². The summed E-state index contributed by atoms with van der Waals surface area (Å²) in [5, 5.41) is 7.51. The van der Waals surface area contributed by atoms with E-state index in [-0.39, 0.29) is 0 Å². The van der Waals surface area contributed by atoms with E-state index in [4.69, 9.17) is 17.3 Å². The molecule has 12 heavy (non-hydrogen) atoms. The number of rotatable bonds is 4. The molecule has 0 aromatic carbocycles. The van der Waals surface area contributed by atoms with Gasteiger partial charge in [-0.1, -0.05) is 25.4 Å². The topological polar surface area (TPSA) is 50.7 Å². The van der Waals surface area contributed by atoms with Crippen LogP contribution in [-0.4, -0.2) is 12.1 Å². The van der Waals surface area contributed by atoms with Crippen LogP contribution in [0.3, 0.4) is 0 Å². The number of nitrogens with two attached hydrogens (primary N) is 1. The fourth-order valence-corrected chi connectivity index (χ4v) is 0.655. The minimum Gasteiger partial charge on any atom is -0.386 e. The van der Waals surface area contributed by atoms with E-state index >= 15 is 0 Å². The van der Waals surface area contributed by atoms with Gasteiger partial charge in [-0.2, -0.15) is 5.10 Å². The lowest BCUT2D eigenvalue weighted by molar-refractivity contribution is 1.13. The van der Waals surface area contributed by atoms with Crippen LogP contribution in [0.2, 0.25) is 0 Å². The summed E-state index contributed by atoms with van der Waals surface area (Å²) in [6.45, 7) is 3.92. The molecule has 0 aromatic rings. The monoisotopic (exact) mass is 187 g/mol. The van der Waals surface area contributed by atoms with E-state index < -0.39 is 0 Å². The first-order valence-electron chi connectivity index (χ1n) is 3.89. The Morgan fingerprint density at radius 1 is 1.42 bits per heavy atom. The molecule has 0 unspecified atom stereocenters. The minimum atomic E-state index is 0.524. The van der Waals surface area contributed by atoms with Crippen LogP contribution in [0.15, 0.2) is 21.3 Å². The second-order valence-electron chi connectivity index (χ2n) is 2.23. The molecular weight excluding hydrogens is 174 g/mol. The van der Waals surface area contributed by atoms with Gasteiger partial charge in [0, 0.05) is 12.0 Å². The highest BCUT2D eigenvalue weighted by Gasteiger charge is 1.86. The smallest absolute Gasteiger partial charge is 0.122 e. The van der Waals surface area contributed by atoms with E-state index in [1.54, 1.807) is 6.21 Å². The normalized spacial score (nSPS) is 14.2. The van der Waals surface area contributed by atoms with Gasteiger partial charge >= 0.3 is 0 Å². The van der Waals surface area contributed by atoms with Gasteiger partial charge in [-0.15, -0.1) is 5.10 Å². The van der Waals surface area contributed by atoms with Crippen LogP contribution in [0.4, 0.5) is 0 Å². The maximum Gasteiger partial charge on any atom is 0.122 e. The van der Waals surface area contributed by atoms with Crippen molar-refractivity contribution in [2.24, 2.45) is 15.9 Å². The Morgan fingerprint density at radius 3 is 2.50 bits per heavy atom. The Morgan fingerprint density at radius 2 is 2.08 bits per heavy atom. The van der Waals surface area contributed by atoms with Crippen LogP contribution >= 0.6 is 11.6 Å². The number of hydrogen-bond donors (Lipinski definition) is 1. The Labute approximate surface area is 78.0 Å². The number of amidine groups is 1. The Bertz CT molecular complexity index is 206. The van der Waals surface area contributed by atoms with Crippen molar-refractivity contribution in [2.75, 3.05) is 0 Å². The van der Waals surface area contributed by atoms with Crippen LogP contribution in [0.5, 0.6) is 0 Å².